The van der Waals surface area contributed by atoms with Crippen LogP contribution in [0.5, 0.6) is 0 Å². The van der Waals surface area contributed by atoms with Gasteiger partial charge >= 0.3 is 0 Å². The Morgan fingerprint density at radius 1 is 1.55 bits per heavy atom. The van der Waals surface area contributed by atoms with Crippen LogP contribution in [0.4, 0.5) is 0 Å². The fourth-order valence-electron chi connectivity index (χ4n) is 1.45. The summed E-state index contributed by atoms with van der Waals surface area (Å²) in [5, 5.41) is 3.31. The van der Waals surface area contributed by atoms with Crippen molar-refractivity contribution < 1.29 is 0 Å². The fourth-order valence-corrected chi connectivity index (χ4v) is 1.45. The minimum atomic E-state index is 0.609. The first-order chi connectivity index (χ1) is 5.47. The van der Waals surface area contributed by atoms with Gasteiger partial charge in [-0.15, -0.1) is 0 Å². The van der Waals surface area contributed by atoms with Crippen LogP contribution in [0.25, 0.3) is 0 Å². The van der Waals surface area contributed by atoms with Gasteiger partial charge in [0.15, 0.2) is 0 Å². The van der Waals surface area contributed by atoms with Gasteiger partial charge in [0, 0.05) is 24.4 Å². The number of hydrogen-bond donors (Lipinski definition) is 1. The summed E-state index contributed by atoms with van der Waals surface area (Å²) in [6.07, 6.45) is 4.63. The molecule has 3 heteroatoms. The second kappa shape index (κ2) is 2.96. The van der Waals surface area contributed by atoms with Crippen molar-refractivity contribution in [2.45, 2.75) is 12.3 Å². The zero-order valence-corrected chi connectivity index (χ0v) is 6.33. The van der Waals surface area contributed by atoms with E-state index in [1.54, 1.807) is 12.5 Å². The largest absolute Gasteiger partial charge is 0.316 e. The molecule has 1 aromatic heterocycles. The number of nitrogens with one attached hydrogen (secondary N) is 1. The van der Waals surface area contributed by atoms with E-state index in [0.29, 0.717) is 5.92 Å². The van der Waals surface area contributed by atoms with Crippen molar-refractivity contribution in [1.82, 2.24) is 15.3 Å². The minimum Gasteiger partial charge on any atom is -0.316 e. The molecular formula is C8H11N3. The molecule has 0 amide bonds. The van der Waals surface area contributed by atoms with Gasteiger partial charge in [-0.25, -0.2) is 9.97 Å². The van der Waals surface area contributed by atoms with Gasteiger partial charge in [0.05, 0.1) is 0 Å². The van der Waals surface area contributed by atoms with Crippen molar-refractivity contribution in [3.05, 3.63) is 24.3 Å². The van der Waals surface area contributed by atoms with Crippen LogP contribution in [0.1, 0.15) is 18.0 Å². The third-order valence-electron chi connectivity index (χ3n) is 2.08. The lowest BCUT2D eigenvalue weighted by Crippen LogP contribution is -2.08. The molecule has 0 aromatic carbocycles. The summed E-state index contributed by atoms with van der Waals surface area (Å²) < 4.78 is 0. The Morgan fingerprint density at radius 3 is 3.18 bits per heavy atom. The van der Waals surface area contributed by atoms with Gasteiger partial charge in [-0.2, -0.15) is 0 Å². The van der Waals surface area contributed by atoms with E-state index in [0.717, 1.165) is 13.1 Å². The molecule has 1 saturated heterocycles. The van der Waals surface area contributed by atoms with E-state index in [2.05, 4.69) is 15.3 Å². The topological polar surface area (TPSA) is 37.8 Å². The molecule has 3 nitrogen and oxygen atoms in total. The molecule has 1 aliphatic heterocycles. The first-order valence-corrected chi connectivity index (χ1v) is 3.93. The number of hydrogen-bond acceptors (Lipinski definition) is 3. The van der Waals surface area contributed by atoms with Crippen LogP contribution >= 0.6 is 0 Å². The Hall–Kier alpha value is -0.960. The van der Waals surface area contributed by atoms with Gasteiger partial charge in [-0.05, 0) is 19.0 Å². The molecule has 0 spiro atoms. The third kappa shape index (κ3) is 1.38. The first-order valence-electron chi connectivity index (χ1n) is 3.93. The van der Waals surface area contributed by atoms with Crippen LogP contribution in [-0.2, 0) is 0 Å². The van der Waals surface area contributed by atoms with Crippen LogP contribution in [0.2, 0.25) is 0 Å². The lowest BCUT2D eigenvalue weighted by atomic mass is 10.1. The molecule has 1 aliphatic rings. The Bertz CT molecular complexity index is 216. The SMILES string of the molecule is c1cc([C@@H]2CCNC2)ncn1. The summed E-state index contributed by atoms with van der Waals surface area (Å²) in [4.78, 5) is 8.09. The lowest BCUT2D eigenvalue weighted by molar-refractivity contribution is 0.730. The molecule has 58 valence electrons. The van der Waals surface area contributed by atoms with Crippen LogP contribution in [0.3, 0.4) is 0 Å². The standard InChI is InChI=1S/C8H11N3/c1-3-9-5-7(1)8-2-4-10-6-11-8/h2,4,6-7,9H,1,3,5H2/t7-/m1/s1. The predicted molar refractivity (Wildman–Crippen MR) is 42.3 cm³/mol. The molecular weight excluding hydrogens is 138 g/mol. The van der Waals surface area contributed by atoms with Crippen molar-refractivity contribution >= 4 is 0 Å². The van der Waals surface area contributed by atoms with Crippen LogP contribution in [-0.4, -0.2) is 23.1 Å². The zero-order chi connectivity index (χ0) is 7.52. The summed E-state index contributed by atoms with van der Waals surface area (Å²) in [5.41, 5.74) is 1.17. The maximum atomic E-state index is 4.21. The van der Waals surface area contributed by atoms with E-state index in [-0.39, 0.29) is 0 Å². The maximum absolute atomic E-state index is 4.21. The summed E-state index contributed by atoms with van der Waals surface area (Å²) in [5.74, 6) is 0.609. The number of rotatable bonds is 1. The Kier molecular flexibility index (Phi) is 1.81. The quantitative estimate of drug-likeness (QED) is 0.633. The molecule has 11 heavy (non-hydrogen) atoms. The van der Waals surface area contributed by atoms with Gasteiger partial charge in [-0.1, -0.05) is 0 Å². The molecule has 0 unspecified atom stereocenters. The van der Waals surface area contributed by atoms with Gasteiger partial charge in [-0.3, -0.25) is 0 Å². The molecule has 0 aliphatic carbocycles. The van der Waals surface area contributed by atoms with E-state index in [1.165, 1.54) is 12.1 Å². The highest BCUT2D eigenvalue weighted by Gasteiger charge is 2.16. The molecule has 2 rings (SSSR count). The lowest BCUT2D eigenvalue weighted by Gasteiger charge is -2.04. The van der Waals surface area contributed by atoms with Crippen molar-refractivity contribution in [2.24, 2.45) is 0 Å². The van der Waals surface area contributed by atoms with Crippen LogP contribution in [0, 0.1) is 0 Å². The van der Waals surface area contributed by atoms with E-state index in [1.807, 2.05) is 6.07 Å². The number of nitrogens with zero attached hydrogens (tertiary/aromatic N) is 2. The summed E-state index contributed by atoms with van der Waals surface area (Å²) in [6, 6.07) is 2.00. The number of aromatic nitrogens is 2. The van der Waals surface area contributed by atoms with Crippen molar-refractivity contribution in [2.75, 3.05) is 13.1 Å². The van der Waals surface area contributed by atoms with Crippen LogP contribution < -0.4 is 5.32 Å². The first kappa shape index (κ1) is 6.73. The van der Waals surface area contributed by atoms with Gasteiger partial charge in [0.25, 0.3) is 0 Å². The Balaban J connectivity index is 2.16. The molecule has 0 saturated carbocycles. The van der Waals surface area contributed by atoms with E-state index in [9.17, 15) is 0 Å². The van der Waals surface area contributed by atoms with Crippen molar-refractivity contribution in [3.63, 3.8) is 0 Å². The average Bonchev–Trinajstić information content (AvgIpc) is 2.58. The van der Waals surface area contributed by atoms with Crippen LogP contribution in [0.15, 0.2) is 18.6 Å². The van der Waals surface area contributed by atoms with Gasteiger partial charge < -0.3 is 5.32 Å². The molecule has 0 radical (unpaired) electrons. The molecule has 1 atom stereocenters. The summed E-state index contributed by atoms with van der Waals surface area (Å²) in [7, 11) is 0. The molecule has 1 aromatic rings. The Morgan fingerprint density at radius 2 is 2.55 bits per heavy atom. The normalized spacial score (nSPS) is 23.8. The van der Waals surface area contributed by atoms with Gasteiger partial charge in [0.2, 0.25) is 0 Å². The predicted octanol–water partition coefficient (Wildman–Crippen LogP) is 0.553. The van der Waals surface area contributed by atoms with E-state index in [4.69, 9.17) is 0 Å². The molecule has 1 fully saturated rings. The van der Waals surface area contributed by atoms with E-state index >= 15 is 0 Å². The monoisotopic (exact) mass is 149 g/mol. The average molecular weight is 149 g/mol. The molecule has 0 bridgehead atoms. The zero-order valence-electron chi connectivity index (χ0n) is 6.33. The van der Waals surface area contributed by atoms with E-state index < -0.39 is 0 Å². The summed E-state index contributed by atoms with van der Waals surface area (Å²) in [6.45, 7) is 2.19. The molecule has 2 heterocycles. The highest BCUT2D eigenvalue weighted by molar-refractivity contribution is 5.08. The highest BCUT2D eigenvalue weighted by atomic mass is 14.9. The Labute approximate surface area is 65.9 Å². The fraction of sp³-hybridized carbons (Fsp3) is 0.500. The smallest absolute Gasteiger partial charge is 0.115 e. The molecule has 1 N–H and O–H groups in total. The second-order valence-electron chi connectivity index (χ2n) is 2.82. The van der Waals surface area contributed by atoms with Crippen molar-refractivity contribution in [1.29, 1.82) is 0 Å². The van der Waals surface area contributed by atoms with Crippen molar-refractivity contribution in [3.8, 4) is 0 Å². The summed E-state index contributed by atoms with van der Waals surface area (Å²) >= 11 is 0. The second-order valence-corrected chi connectivity index (χ2v) is 2.82. The minimum absolute atomic E-state index is 0.609. The highest BCUT2D eigenvalue weighted by Crippen LogP contribution is 2.18. The van der Waals surface area contributed by atoms with Gasteiger partial charge in [0.1, 0.15) is 6.33 Å². The third-order valence-corrected chi connectivity index (χ3v) is 2.08. The maximum Gasteiger partial charge on any atom is 0.115 e.